The van der Waals surface area contributed by atoms with Crippen LogP contribution in [0.15, 0.2) is 35.3 Å². The van der Waals surface area contributed by atoms with Gasteiger partial charge in [-0.3, -0.25) is 9.89 Å². The molecule has 0 aliphatic carbocycles. The topological polar surface area (TPSA) is 52.1 Å². The van der Waals surface area contributed by atoms with Gasteiger partial charge in [-0.05, 0) is 50.3 Å². The van der Waals surface area contributed by atoms with Crippen molar-refractivity contribution in [3.63, 3.8) is 0 Å². The van der Waals surface area contributed by atoms with Crippen molar-refractivity contribution in [2.24, 2.45) is 10.9 Å². The van der Waals surface area contributed by atoms with Crippen LogP contribution in [0, 0.1) is 5.92 Å². The van der Waals surface area contributed by atoms with Gasteiger partial charge in [-0.25, -0.2) is 0 Å². The summed E-state index contributed by atoms with van der Waals surface area (Å²) in [5.41, 5.74) is 1.41. The smallest absolute Gasteiger partial charge is 0.191 e. The van der Waals surface area contributed by atoms with Crippen molar-refractivity contribution in [2.75, 3.05) is 60.0 Å². The van der Waals surface area contributed by atoms with E-state index in [1.165, 1.54) is 44.3 Å². The van der Waals surface area contributed by atoms with Gasteiger partial charge in [0.2, 0.25) is 0 Å². The summed E-state index contributed by atoms with van der Waals surface area (Å²) in [5, 5.41) is 7.23. The Morgan fingerprint density at radius 1 is 1.03 bits per heavy atom. The van der Waals surface area contributed by atoms with E-state index in [1.807, 2.05) is 7.05 Å². The fraction of sp³-hybridized carbons (Fsp3) is 0.696. The minimum atomic E-state index is 0.518. The number of hydrogen-bond donors (Lipinski definition) is 2. The fourth-order valence-electron chi connectivity index (χ4n) is 4.34. The predicted molar refractivity (Wildman–Crippen MR) is 120 cm³/mol. The van der Waals surface area contributed by atoms with Gasteiger partial charge in [0.25, 0.3) is 0 Å². The molecular weight excluding hydrogens is 362 g/mol. The van der Waals surface area contributed by atoms with E-state index in [2.05, 4.69) is 55.8 Å². The molecular formula is C23H39N5O. The number of likely N-dealkylation sites (tertiary alicyclic amines) is 2. The third-order valence-electron chi connectivity index (χ3n) is 6.28. The maximum atomic E-state index is 5.19. The van der Waals surface area contributed by atoms with Crippen LogP contribution in [0.3, 0.4) is 0 Å². The molecule has 162 valence electrons. The maximum absolute atomic E-state index is 5.19. The number of benzene rings is 1. The third-order valence-corrected chi connectivity index (χ3v) is 6.28. The van der Waals surface area contributed by atoms with Gasteiger partial charge >= 0.3 is 0 Å². The highest BCUT2D eigenvalue weighted by Gasteiger charge is 2.22. The van der Waals surface area contributed by atoms with E-state index in [0.717, 1.165) is 51.2 Å². The number of guanidine groups is 1. The molecule has 3 rings (SSSR count). The van der Waals surface area contributed by atoms with Crippen molar-refractivity contribution in [3.05, 3.63) is 35.9 Å². The molecule has 29 heavy (non-hydrogen) atoms. The lowest BCUT2D eigenvalue weighted by Crippen LogP contribution is -2.49. The third kappa shape index (κ3) is 7.61. The number of hydrogen-bond acceptors (Lipinski definition) is 4. The Labute approximate surface area is 176 Å². The molecule has 0 bridgehead atoms. The SMILES string of the molecule is CN=C(NCC1CCN(CCOC)CC1)NC1CCN(Cc2ccccc2)CC1. The van der Waals surface area contributed by atoms with Gasteiger partial charge in [-0.15, -0.1) is 0 Å². The Kier molecular flexibility index (Phi) is 9.25. The summed E-state index contributed by atoms with van der Waals surface area (Å²) in [6.45, 7) is 8.62. The first-order valence-corrected chi connectivity index (χ1v) is 11.2. The van der Waals surface area contributed by atoms with Crippen LogP contribution in [0.2, 0.25) is 0 Å². The van der Waals surface area contributed by atoms with E-state index in [4.69, 9.17) is 4.74 Å². The highest BCUT2D eigenvalue weighted by molar-refractivity contribution is 5.79. The zero-order valence-corrected chi connectivity index (χ0v) is 18.3. The molecule has 0 aromatic heterocycles. The molecule has 0 spiro atoms. The van der Waals surface area contributed by atoms with Gasteiger partial charge in [0.05, 0.1) is 6.61 Å². The highest BCUT2D eigenvalue weighted by Crippen LogP contribution is 2.16. The van der Waals surface area contributed by atoms with Gasteiger partial charge in [0, 0.05) is 52.9 Å². The number of ether oxygens (including phenoxy) is 1. The molecule has 1 aromatic carbocycles. The average molecular weight is 402 g/mol. The first-order valence-electron chi connectivity index (χ1n) is 11.2. The Balaban J connectivity index is 1.32. The summed E-state index contributed by atoms with van der Waals surface area (Å²) in [5.74, 6) is 1.70. The lowest BCUT2D eigenvalue weighted by atomic mass is 9.97. The van der Waals surface area contributed by atoms with Crippen molar-refractivity contribution < 1.29 is 4.74 Å². The summed E-state index contributed by atoms with van der Waals surface area (Å²) in [6.07, 6.45) is 4.86. The summed E-state index contributed by atoms with van der Waals surface area (Å²) in [4.78, 5) is 9.53. The Morgan fingerprint density at radius 3 is 2.38 bits per heavy atom. The minimum absolute atomic E-state index is 0.518. The van der Waals surface area contributed by atoms with Crippen molar-refractivity contribution in [1.82, 2.24) is 20.4 Å². The normalized spacial score (nSPS) is 20.7. The van der Waals surface area contributed by atoms with E-state index in [-0.39, 0.29) is 0 Å². The summed E-state index contributed by atoms with van der Waals surface area (Å²) >= 11 is 0. The van der Waals surface area contributed by atoms with Gasteiger partial charge in [0.15, 0.2) is 5.96 Å². The second-order valence-corrected chi connectivity index (χ2v) is 8.41. The molecule has 1 aromatic rings. The van der Waals surface area contributed by atoms with E-state index in [9.17, 15) is 0 Å². The first kappa shape index (κ1) is 22.1. The molecule has 0 radical (unpaired) electrons. The maximum Gasteiger partial charge on any atom is 0.191 e. The molecule has 2 aliphatic heterocycles. The number of piperidine rings is 2. The summed E-state index contributed by atoms with van der Waals surface area (Å²) in [6, 6.07) is 11.3. The molecule has 2 N–H and O–H groups in total. The van der Waals surface area contributed by atoms with Crippen LogP contribution in [0.1, 0.15) is 31.2 Å². The molecule has 0 atom stereocenters. The summed E-state index contributed by atoms with van der Waals surface area (Å²) in [7, 11) is 3.66. The molecule has 0 saturated carbocycles. The number of nitrogens with zero attached hydrogens (tertiary/aromatic N) is 3. The van der Waals surface area contributed by atoms with Crippen molar-refractivity contribution in [2.45, 2.75) is 38.3 Å². The van der Waals surface area contributed by atoms with E-state index >= 15 is 0 Å². The molecule has 2 heterocycles. The van der Waals surface area contributed by atoms with E-state index in [0.29, 0.717) is 6.04 Å². The Hall–Kier alpha value is -1.63. The molecule has 2 aliphatic rings. The number of aliphatic imine (C=N–C) groups is 1. The van der Waals surface area contributed by atoms with Gasteiger partial charge in [-0.1, -0.05) is 30.3 Å². The van der Waals surface area contributed by atoms with E-state index in [1.54, 1.807) is 7.11 Å². The van der Waals surface area contributed by atoms with Crippen LogP contribution in [-0.4, -0.2) is 81.8 Å². The molecule has 0 amide bonds. The van der Waals surface area contributed by atoms with Crippen LogP contribution in [-0.2, 0) is 11.3 Å². The fourth-order valence-corrected chi connectivity index (χ4v) is 4.34. The molecule has 6 nitrogen and oxygen atoms in total. The van der Waals surface area contributed by atoms with Gasteiger partial charge in [0.1, 0.15) is 0 Å². The molecule has 2 saturated heterocycles. The zero-order chi connectivity index (χ0) is 20.3. The largest absolute Gasteiger partial charge is 0.383 e. The number of nitrogens with one attached hydrogen (secondary N) is 2. The van der Waals surface area contributed by atoms with Crippen LogP contribution in [0.5, 0.6) is 0 Å². The molecule has 0 unspecified atom stereocenters. The monoisotopic (exact) mass is 401 g/mol. The predicted octanol–water partition coefficient (Wildman–Crippen LogP) is 2.17. The van der Waals surface area contributed by atoms with Gasteiger partial charge < -0.3 is 20.3 Å². The lowest BCUT2D eigenvalue weighted by molar-refractivity contribution is 0.120. The zero-order valence-electron chi connectivity index (χ0n) is 18.3. The average Bonchev–Trinajstić information content (AvgIpc) is 2.78. The summed E-state index contributed by atoms with van der Waals surface area (Å²) < 4.78 is 5.19. The lowest BCUT2D eigenvalue weighted by Gasteiger charge is -2.34. The van der Waals surface area contributed by atoms with Crippen molar-refractivity contribution in [1.29, 1.82) is 0 Å². The van der Waals surface area contributed by atoms with E-state index < -0.39 is 0 Å². The second-order valence-electron chi connectivity index (χ2n) is 8.41. The minimum Gasteiger partial charge on any atom is -0.383 e. The second kappa shape index (κ2) is 12.2. The molecule has 6 heteroatoms. The van der Waals surface area contributed by atoms with Crippen LogP contribution in [0.25, 0.3) is 0 Å². The number of methoxy groups -OCH3 is 1. The quantitative estimate of drug-likeness (QED) is 0.517. The van der Waals surface area contributed by atoms with Crippen LogP contribution in [0.4, 0.5) is 0 Å². The van der Waals surface area contributed by atoms with Crippen molar-refractivity contribution in [3.8, 4) is 0 Å². The molecule has 2 fully saturated rings. The number of rotatable bonds is 8. The van der Waals surface area contributed by atoms with Gasteiger partial charge in [-0.2, -0.15) is 0 Å². The van der Waals surface area contributed by atoms with Crippen LogP contribution < -0.4 is 10.6 Å². The van der Waals surface area contributed by atoms with Crippen molar-refractivity contribution >= 4 is 5.96 Å². The Bertz CT molecular complexity index is 593. The van der Waals surface area contributed by atoms with Crippen LogP contribution >= 0.6 is 0 Å². The Morgan fingerprint density at radius 2 is 1.72 bits per heavy atom. The highest BCUT2D eigenvalue weighted by atomic mass is 16.5. The first-order chi connectivity index (χ1) is 14.3. The standard InChI is InChI=1S/C23H39N5O/c1-24-23(25-18-20-8-12-27(13-9-20)16-17-29-2)26-22-10-14-28(15-11-22)19-21-6-4-3-5-7-21/h3-7,20,22H,8-19H2,1-2H3,(H2,24,25,26).